The Morgan fingerprint density at radius 1 is 1.08 bits per heavy atom. The minimum atomic E-state index is -0.0388. The van der Waals surface area contributed by atoms with Gasteiger partial charge in [-0.05, 0) is 38.5 Å². The van der Waals surface area contributed by atoms with Crippen molar-refractivity contribution < 1.29 is 4.79 Å². The summed E-state index contributed by atoms with van der Waals surface area (Å²) in [6, 6.07) is 14.3. The van der Waals surface area contributed by atoms with Crippen molar-refractivity contribution in [3.8, 4) is 10.6 Å². The van der Waals surface area contributed by atoms with E-state index in [9.17, 15) is 4.79 Å². The molecule has 0 saturated carbocycles. The van der Waals surface area contributed by atoms with Gasteiger partial charge in [-0.3, -0.25) is 4.79 Å². The van der Waals surface area contributed by atoms with Crippen LogP contribution in [0.3, 0.4) is 0 Å². The van der Waals surface area contributed by atoms with Gasteiger partial charge in [0.2, 0.25) is 5.91 Å². The number of carbonyl (C=O) groups excluding carboxylic acids is 1. The Bertz CT molecular complexity index is 883. The summed E-state index contributed by atoms with van der Waals surface area (Å²) >= 11 is 1.57. The minimum absolute atomic E-state index is 0.0388. The van der Waals surface area contributed by atoms with Gasteiger partial charge >= 0.3 is 0 Å². The largest absolute Gasteiger partial charge is 0.326 e. The molecule has 0 radical (unpaired) electrons. The van der Waals surface area contributed by atoms with Crippen molar-refractivity contribution in [2.45, 2.75) is 27.2 Å². The lowest BCUT2D eigenvalue weighted by Crippen LogP contribution is -2.15. The van der Waals surface area contributed by atoms with Gasteiger partial charge in [0.15, 0.2) is 0 Å². The molecule has 24 heavy (non-hydrogen) atoms. The van der Waals surface area contributed by atoms with E-state index in [2.05, 4.69) is 35.4 Å². The van der Waals surface area contributed by atoms with Crippen LogP contribution in [-0.2, 0) is 11.2 Å². The molecule has 4 heteroatoms. The number of hydrogen-bond donors (Lipinski definition) is 1. The van der Waals surface area contributed by atoms with E-state index < -0.39 is 0 Å². The monoisotopic (exact) mass is 336 g/mol. The molecule has 0 fully saturated rings. The van der Waals surface area contributed by atoms with Gasteiger partial charge in [-0.1, -0.05) is 41.5 Å². The van der Waals surface area contributed by atoms with Crippen LogP contribution in [0.1, 0.15) is 22.4 Å². The second-order valence-electron chi connectivity index (χ2n) is 6.06. The summed E-state index contributed by atoms with van der Waals surface area (Å²) in [5.41, 5.74) is 6.23. The zero-order valence-electron chi connectivity index (χ0n) is 14.1. The highest BCUT2D eigenvalue weighted by Crippen LogP contribution is 2.25. The number of aryl methyl sites for hydroxylation is 3. The van der Waals surface area contributed by atoms with Crippen LogP contribution in [0.5, 0.6) is 0 Å². The van der Waals surface area contributed by atoms with Crippen LogP contribution < -0.4 is 5.32 Å². The molecule has 1 amide bonds. The summed E-state index contributed by atoms with van der Waals surface area (Å²) in [7, 11) is 0. The number of hydrogen-bond acceptors (Lipinski definition) is 3. The molecule has 122 valence electrons. The molecule has 1 aromatic heterocycles. The minimum Gasteiger partial charge on any atom is -0.326 e. The van der Waals surface area contributed by atoms with Crippen LogP contribution in [0.25, 0.3) is 10.6 Å². The van der Waals surface area contributed by atoms with Crippen molar-refractivity contribution in [1.82, 2.24) is 4.98 Å². The third kappa shape index (κ3) is 3.89. The van der Waals surface area contributed by atoms with Gasteiger partial charge in [0.25, 0.3) is 0 Å². The predicted molar refractivity (Wildman–Crippen MR) is 101 cm³/mol. The molecular weight excluding hydrogens is 316 g/mol. The molecule has 1 heterocycles. The quantitative estimate of drug-likeness (QED) is 0.735. The van der Waals surface area contributed by atoms with E-state index in [1.807, 2.05) is 43.5 Å². The zero-order chi connectivity index (χ0) is 17.1. The molecule has 0 aliphatic carbocycles. The highest BCUT2D eigenvalue weighted by Gasteiger charge is 2.10. The molecule has 3 rings (SSSR count). The Balaban J connectivity index is 1.69. The average Bonchev–Trinajstić information content (AvgIpc) is 2.98. The molecule has 3 nitrogen and oxygen atoms in total. The number of nitrogens with zero attached hydrogens (tertiary/aromatic N) is 1. The third-order valence-electron chi connectivity index (χ3n) is 3.81. The first-order valence-electron chi connectivity index (χ1n) is 7.90. The average molecular weight is 336 g/mol. The van der Waals surface area contributed by atoms with E-state index >= 15 is 0 Å². The van der Waals surface area contributed by atoms with Crippen molar-refractivity contribution in [3.05, 3.63) is 70.2 Å². The Kier molecular flexibility index (Phi) is 4.76. The maximum atomic E-state index is 12.3. The number of carbonyl (C=O) groups is 1. The lowest BCUT2D eigenvalue weighted by molar-refractivity contribution is -0.115. The predicted octanol–water partition coefficient (Wildman–Crippen LogP) is 4.92. The number of nitrogens with one attached hydrogen (secondary N) is 1. The number of anilines is 1. The summed E-state index contributed by atoms with van der Waals surface area (Å²) in [5.74, 6) is -0.0388. The molecule has 0 spiro atoms. The van der Waals surface area contributed by atoms with Crippen LogP contribution in [0, 0.1) is 20.8 Å². The lowest BCUT2D eigenvalue weighted by atomic mass is 10.1. The van der Waals surface area contributed by atoms with Gasteiger partial charge < -0.3 is 5.32 Å². The van der Waals surface area contributed by atoms with Crippen LogP contribution in [-0.4, -0.2) is 10.9 Å². The van der Waals surface area contributed by atoms with Crippen LogP contribution in [0.2, 0.25) is 0 Å². The van der Waals surface area contributed by atoms with Crippen molar-refractivity contribution >= 4 is 22.9 Å². The van der Waals surface area contributed by atoms with E-state index in [1.54, 1.807) is 11.3 Å². The summed E-state index contributed by atoms with van der Waals surface area (Å²) in [6.07, 6.45) is 0.287. The summed E-state index contributed by atoms with van der Waals surface area (Å²) in [4.78, 5) is 16.9. The fraction of sp³-hybridized carbons (Fsp3) is 0.200. The number of aromatic nitrogens is 1. The van der Waals surface area contributed by atoms with Gasteiger partial charge in [0.1, 0.15) is 5.01 Å². The smallest absolute Gasteiger partial charge is 0.230 e. The first-order chi connectivity index (χ1) is 11.5. The normalized spacial score (nSPS) is 10.6. The molecule has 0 saturated heterocycles. The van der Waals surface area contributed by atoms with E-state index in [0.717, 1.165) is 27.5 Å². The number of thiazole rings is 1. The van der Waals surface area contributed by atoms with E-state index in [1.165, 1.54) is 11.1 Å². The first-order valence-corrected chi connectivity index (χ1v) is 8.78. The summed E-state index contributed by atoms with van der Waals surface area (Å²) in [6.45, 7) is 6.11. The van der Waals surface area contributed by atoms with Gasteiger partial charge in [-0.25, -0.2) is 4.98 Å². The van der Waals surface area contributed by atoms with Gasteiger partial charge in [0.05, 0.1) is 12.1 Å². The SMILES string of the molecule is Cc1cccc(-c2nc(CC(=O)Nc3ccc(C)cc3C)cs2)c1. The van der Waals surface area contributed by atoms with Gasteiger partial charge in [-0.15, -0.1) is 11.3 Å². The number of benzene rings is 2. The maximum absolute atomic E-state index is 12.3. The van der Waals surface area contributed by atoms with Gasteiger partial charge in [-0.2, -0.15) is 0 Å². The molecule has 0 aliphatic heterocycles. The van der Waals surface area contributed by atoms with E-state index in [0.29, 0.717) is 0 Å². The van der Waals surface area contributed by atoms with Crippen molar-refractivity contribution in [3.63, 3.8) is 0 Å². The Labute approximate surface area is 146 Å². The van der Waals surface area contributed by atoms with Crippen molar-refractivity contribution in [2.75, 3.05) is 5.32 Å². The topological polar surface area (TPSA) is 42.0 Å². The highest BCUT2D eigenvalue weighted by atomic mass is 32.1. The fourth-order valence-corrected chi connectivity index (χ4v) is 3.43. The first kappa shape index (κ1) is 16.4. The Hall–Kier alpha value is -2.46. The molecular formula is C20H20N2OS. The molecule has 1 N–H and O–H groups in total. The molecule has 2 aromatic carbocycles. The van der Waals surface area contributed by atoms with E-state index in [4.69, 9.17) is 0 Å². The van der Waals surface area contributed by atoms with Crippen LogP contribution in [0.4, 0.5) is 5.69 Å². The Morgan fingerprint density at radius 2 is 1.88 bits per heavy atom. The highest BCUT2D eigenvalue weighted by molar-refractivity contribution is 7.13. The second-order valence-corrected chi connectivity index (χ2v) is 6.91. The van der Waals surface area contributed by atoms with Crippen molar-refractivity contribution in [1.29, 1.82) is 0 Å². The molecule has 0 bridgehead atoms. The maximum Gasteiger partial charge on any atom is 0.230 e. The number of rotatable bonds is 4. The Morgan fingerprint density at radius 3 is 2.62 bits per heavy atom. The standard InChI is InChI=1S/C20H20N2OS/c1-13-5-4-6-16(10-13)20-21-17(12-24-20)11-19(23)22-18-8-7-14(2)9-15(18)3/h4-10,12H,11H2,1-3H3,(H,22,23). The molecule has 3 aromatic rings. The number of amides is 1. The van der Waals surface area contributed by atoms with Crippen molar-refractivity contribution in [2.24, 2.45) is 0 Å². The second kappa shape index (κ2) is 6.97. The third-order valence-corrected chi connectivity index (χ3v) is 4.75. The lowest BCUT2D eigenvalue weighted by Gasteiger charge is -2.08. The van der Waals surface area contributed by atoms with Gasteiger partial charge in [0, 0.05) is 16.6 Å². The van der Waals surface area contributed by atoms with E-state index in [-0.39, 0.29) is 12.3 Å². The molecule has 0 aliphatic rings. The zero-order valence-corrected chi connectivity index (χ0v) is 14.9. The summed E-state index contributed by atoms with van der Waals surface area (Å²) < 4.78 is 0. The fourth-order valence-electron chi connectivity index (χ4n) is 2.61. The molecule has 0 atom stereocenters. The van der Waals surface area contributed by atoms with Crippen LogP contribution in [0.15, 0.2) is 47.8 Å². The van der Waals surface area contributed by atoms with Crippen LogP contribution >= 0.6 is 11.3 Å². The molecule has 0 unspecified atom stereocenters. The summed E-state index contributed by atoms with van der Waals surface area (Å²) in [5, 5.41) is 5.88.